The van der Waals surface area contributed by atoms with Crippen LogP contribution in [-0.4, -0.2) is 23.8 Å². The number of halogens is 1. The van der Waals surface area contributed by atoms with Crippen LogP contribution >= 0.6 is 11.6 Å². The molecule has 2 bridgehead atoms. The number of benzene rings is 1. The van der Waals surface area contributed by atoms with Crippen molar-refractivity contribution in [3.8, 4) is 0 Å². The standard InChI is InChI=1S/C18H23ClN2O2/c1-3-11(2)15(20)17-21-18(12-7-4-5-8-13(12)19)10-6-9-14(23-17)16(18)22/h4-5,7-8,11,14-15H,3,6,9-10,20H2,1-2H3/t11-,14-,15+,18-/m1/s1. The monoisotopic (exact) mass is 334 g/mol. The molecule has 0 radical (unpaired) electrons. The van der Waals surface area contributed by atoms with Crippen LogP contribution in [0.25, 0.3) is 0 Å². The summed E-state index contributed by atoms with van der Waals surface area (Å²) in [5.74, 6) is 0.756. The minimum atomic E-state index is -0.931. The molecule has 5 heteroatoms. The van der Waals surface area contributed by atoms with E-state index in [0.717, 1.165) is 24.8 Å². The minimum Gasteiger partial charge on any atom is -0.468 e. The van der Waals surface area contributed by atoms with Crippen molar-refractivity contribution in [1.29, 1.82) is 0 Å². The van der Waals surface area contributed by atoms with Crippen LogP contribution in [0, 0.1) is 5.92 Å². The van der Waals surface area contributed by atoms with Gasteiger partial charge in [-0.2, -0.15) is 0 Å². The van der Waals surface area contributed by atoms with E-state index in [-0.39, 0.29) is 17.7 Å². The molecule has 23 heavy (non-hydrogen) atoms. The maximum atomic E-state index is 13.0. The first-order valence-electron chi connectivity index (χ1n) is 8.31. The highest BCUT2D eigenvalue weighted by molar-refractivity contribution is 6.32. The number of aliphatic imine (C=N–C) groups is 1. The SMILES string of the molecule is CC[C@@H](C)[C@H](N)C1=N[C@@]2(c3ccccc3Cl)CCC[C@@H](O1)C2=O. The van der Waals surface area contributed by atoms with Gasteiger partial charge >= 0.3 is 0 Å². The van der Waals surface area contributed by atoms with Gasteiger partial charge in [0.25, 0.3) is 0 Å². The van der Waals surface area contributed by atoms with Crippen LogP contribution in [0.3, 0.4) is 0 Å². The molecule has 1 aromatic carbocycles. The van der Waals surface area contributed by atoms with Crippen LogP contribution in [0.4, 0.5) is 0 Å². The molecule has 1 aliphatic carbocycles. The molecular formula is C18H23ClN2O2. The molecule has 2 aliphatic rings. The summed E-state index contributed by atoms with van der Waals surface area (Å²) in [4.78, 5) is 17.7. The molecule has 0 aromatic heterocycles. The molecule has 3 rings (SSSR count). The third-order valence-corrected chi connectivity index (χ3v) is 5.46. The topological polar surface area (TPSA) is 64.7 Å². The van der Waals surface area contributed by atoms with Gasteiger partial charge in [-0.1, -0.05) is 50.1 Å². The van der Waals surface area contributed by atoms with Gasteiger partial charge < -0.3 is 10.5 Å². The van der Waals surface area contributed by atoms with Crippen LogP contribution < -0.4 is 5.73 Å². The quantitative estimate of drug-likeness (QED) is 0.917. The minimum absolute atomic E-state index is 0.0111. The van der Waals surface area contributed by atoms with Crippen molar-refractivity contribution in [3.05, 3.63) is 34.9 Å². The maximum Gasteiger partial charge on any atom is 0.205 e. The molecule has 1 aliphatic heterocycles. The van der Waals surface area contributed by atoms with E-state index in [2.05, 4.69) is 13.8 Å². The Morgan fingerprint density at radius 2 is 2.22 bits per heavy atom. The second-order valence-corrected chi connectivity index (χ2v) is 6.97. The number of hydrogen-bond acceptors (Lipinski definition) is 4. The first-order chi connectivity index (χ1) is 11.0. The van der Waals surface area contributed by atoms with Crippen LogP contribution in [-0.2, 0) is 15.1 Å². The summed E-state index contributed by atoms with van der Waals surface area (Å²) in [6.07, 6.45) is 2.74. The Kier molecular flexibility index (Phi) is 4.47. The van der Waals surface area contributed by atoms with Gasteiger partial charge in [0.1, 0.15) is 0 Å². The van der Waals surface area contributed by atoms with E-state index in [1.54, 1.807) is 0 Å². The largest absolute Gasteiger partial charge is 0.468 e. The number of carbonyl (C=O) groups excluding carboxylic acids is 1. The smallest absolute Gasteiger partial charge is 0.205 e. The van der Waals surface area contributed by atoms with Gasteiger partial charge in [0.15, 0.2) is 11.6 Å². The van der Waals surface area contributed by atoms with E-state index in [9.17, 15) is 4.79 Å². The first-order valence-corrected chi connectivity index (χ1v) is 8.68. The molecule has 4 atom stereocenters. The Bertz CT molecular complexity index is 646. The number of Topliss-reactive ketones (excluding diaryl/α,β-unsaturated/α-hetero) is 1. The van der Waals surface area contributed by atoms with Gasteiger partial charge in [0, 0.05) is 10.6 Å². The molecule has 1 aromatic rings. The predicted molar refractivity (Wildman–Crippen MR) is 91.7 cm³/mol. The highest BCUT2D eigenvalue weighted by atomic mass is 35.5. The highest BCUT2D eigenvalue weighted by Gasteiger charge is 2.52. The van der Waals surface area contributed by atoms with Crippen molar-refractivity contribution in [1.82, 2.24) is 0 Å². The molecule has 1 fully saturated rings. The Balaban J connectivity index is 2.11. The molecule has 1 heterocycles. The number of rotatable bonds is 4. The van der Waals surface area contributed by atoms with E-state index >= 15 is 0 Å². The summed E-state index contributed by atoms with van der Waals surface area (Å²) in [7, 11) is 0. The van der Waals surface area contributed by atoms with Crippen LogP contribution in [0.15, 0.2) is 29.3 Å². The lowest BCUT2D eigenvalue weighted by atomic mass is 9.73. The van der Waals surface area contributed by atoms with Crippen molar-refractivity contribution < 1.29 is 9.53 Å². The average Bonchev–Trinajstić information content (AvgIpc) is 2.54. The lowest BCUT2D eigenvalue weighted by Crippen LogP contribution is -2.55. The van der Waals surface area contributed by atoms with Gasteiger partial charge in [-0.3, -0.25) is 4.79 Å². The normalized spacial score (nSPS) is 29.5. The third kappa shape index (κ3) is 2.68. The van der Waals surface area contributed by atoms with Crippen LogP contribution in [0.5, 0.6) is 0 Å². The number of ketones is 1. The fourth-order valence-corrected chi connectivity index (χ4v) is 3.71. The first kappa shape index (κ1) is 16.5. The summed E-state index contributed by atoms with van der Waals surface area (Å²) in [6, 6.07) is 7.16. The fraction of sp³-hybridized carbons (Fsp3) is 0.556. The van der Waals surface area contributed by atoms with E-state index < -0.39 is 11.6 Å². The van der Waals surface area contributed by atoms with Crippen molar-refractivity contribution in [3.63, 3.8) is 0 Å². The average molecular weight is 335 g/mol. The molecule has 4 nitrogen and oxygen atoms in total. The second-order valence-electron chi connectivity index (χ2n) is 6.56. The van der Waals surface area contributed by atoms with Crippen molar-refractivity contribution in [2.75, 3.05) is 0 Å². The van der Waals surface area contributed by atoms with Crippen molar-refractivity contribution >= 4 is 23.3 Å². The van der Waals surface area contributed by atoms with Gasteiger partial charge in [0.05, 0.1) is 6.04 Å². The van der Waals surface area contributed by atoms with Crippen molar-refractivity contribution in [2.24, 2.45) is 16.6 Å². The van der Waals surface area contributed by atoms with E-state index in [0.29, 0.717) is 17.3 Å². The molecule has 124 valence electrons. The summed E-state index contributed by atoms with van der Waals surface area (Å²) in [5, 5.41) is 0.573. The summed E-state index contributed by atoms with van der Waals surface area (Å²) in [5.41, 5.74) is 6.17. The lowest BCUT2D eigenvalue weighted by molar-refractivity contribution is -0.137. The number of ether oxygens (including phenoxy) is 1. The molecule has 0 unspecified atom stereocenters. The van der Waals surface area contributed by atoms with Gasteiger partial charge in [-0.15, -0.1) is 0 Å². The Morgan fingerprint density at radius 1 is 1.48 bits per heavy atom. The second kappa shape index (κ2) is 6.25. The Hall–Kier alpha value is -1.39. The summed E-state index contributed by atoms with van der Waals surface area (Å²) in [6.45, 7) is 4.16. The molecule has 2 N–H and O–H groups in total. The Morgan fingerprint density at radius 3 is 2.91 bits per heavy atom. The zero-order valence-corrected chi connectivity index (χ0v) is 14.3. The number of nitrogens with zero attached hydrogens (tertiary/aromatic N) is 1. The summed E-state index contributed by atoms with van der Waals surface area (Å²) >= 11 is 6.39. The van der Waals surface area contributed by atoms with Crippen LogP contribution in [0.2, 0.25) is 5.02 Å². The van der Waals surface area contributed by atoms with Gasteiger partial charge in [0.2, 0.25) is 11.7 Å². The zero-order chi connectivity index (χ0) is 16.6. The van der Waals surface area contributed by atoms with Gasteiger partial charge in [-0.05, 0) is 31.2 Å². The molecule has 0 saturated heterocycles. The number of fused-ring (bicyclic) bond motifs is 2. The number of carbonyl (C=O) groups is 1. The molecule has 0 amide bonds. The molecule has 0 spiro atoms. The fourth-order valence-electron chi connectivity index (χ4n) is 3.42. The number of nitrogens with two attached hydrogens (primary N) is 1. The van der Waals surface area contributed by atoms with Gasteiger partial charge in [-0.25, -0.2) is 4.99 Å². The lowest BCUT2D eigenvalue weighted by Gasteiger charge is -2.42. The van der Waals surface area contributed by atoms with E-state index in [4.69, 9.17) is 27.1 Å². The zero-order valence-electron chi connectivity index (χ0n) is 13.6. The van der Waals surface area contributed by atoms with E-state index in [1.165, 1.54) is 0 Å². The van der Waals surface area contributed by atoms with E-state index in [1.807, 2.05) is 24.3 Å². The predicted octanol–water partition coefficient (Wildman–Crippen LogP) is 3.46. The highest BCUT2D eigenvalue weighted by Crippen LogP contribution is 2.44. The van der Waals surface area contributed by atoms with Crippen LogP contribution in [0.1, 0.15) is 45.1 Å². The summed E-state index contributed by atoms with van der Waals surface area (Å²) < 4.78 is 5.87. The Labute approximate surface area is 142 Å². The van der Waals surface area contributed by atoms with Crippen molar-refractivity contribution in [2.45, 2.75) is 57.2 Å². The number of hydrogen-bond donors (Lipinski definition) is 1. The third-order valence-electron chi connectivity index (χ3n) is 5.13. The molecular weight excluding hydrogens is 312 g/mol. The maximum absolute atomic E-state index is 13.0. The molecule has 1 saturated carbocycles.